The van der Waals surface area contributed by atoms with E-state index in [1.807, 2.05) is 6.92 Å². The van der Waals surface area contributed by atoms with E-state index in [9.17, 15) is 14.7 Å². The zero-order chi connectivity index (χ0) is 17.6. The van der Waals surface area contributed by atoms with Crippen molar-refractivity contribution >= 4 is 51.9 Å². The topological polar surface area (TPSA) is 90.1 Å². The highest BCUT2D eigenvalue weighted by atomic mass is 32.2. The zero-order valence-corrected chi connectivity index (χ0v) is 15.9. The van der Waals surface area contributed by atoms with Gasteiger partial charge in [-0.25, -0.2) is 4.79 Å². The number of β-lactam (4-membered cyclic amide) rings is 1. The van der Waals surface area contributed by atoms with Gasteiger partial charge in [0, 0.05) is 36.3 Å². The van der Waals surface area contributed by atoms with Gasteiger partial charge in [0.1, 0.15) is 21.4 Å². The van der Waals surface area contributed by atoms with Crippen molar-refractivity contribution in [3.8, 4) is 0 Å². The third kappa shape index (κ3) is 3.05. The number of nitrogens with two attached hydrogens (primary N) is 1. The Morgan fingerprint density at radius 2 is 2.00 bits per heavy atom. The van der Waals surface area contributed by atoms with E-state index in [0.29, 0.717) is 9.23 Å². The van der Waals surface area contributed by atoms with E-state index in [0.717, 1.165) is 26.2 Å². The van der Waals surface area contributed by atoms with E-state index in [1.54, 1.807) is 0 Å². The van der Waals surface area contributed by atoms with E-state index < -0.39 is 12.0 Å². The van der Waals surface area contributed by atoms with Crippen molar-refractivity contribution in [2.45, 2.75) is 23.6 Å². The lowest BCUT2D eigenvalue weighted by atomic mass is 10.1. The van der Waals surface area contributed by atoms with Gasteiger partial charge in [-0.15, -0.1) is 11.8 Å². The highest BCUT2D eigenvalue weighted by molar-refractivity contribution is 8.26. The van der Waals surface area contributed by atoms with Crippen LogP contribution in [0, 0.1) is 0 Å². The fourth-order valence-corrected chi connectivity index (χ4v) is 5.92. The summed E-state index contributed by atoms with van der Waals surface area (Å²) in [5, 5.41) is 9.28. The molecule has 0 aromatic rings. The third-order valence-corrected chi connectivity index (χ3v) is 7.72. The van der Waals surface area contributed by atoms with E-state index in [2.05, 4.69) is 16.8 Å². The summed E-state index contributed by atoms with van der Waals surface area (Å²) in [4.78, 5) is 30.1. The van der Waals surface area contributed by atoms with Crippen LogP contribution >= 0.6 is 35.7 Å². The van der Waals surface area contributed by atoms with E-state index in [-0.39, 0.29) is 22.2 Å². The molecular formula is C14H20N4O3S3. The molecule has 0 aliphatic carbocycles. The van der Waals surface area contributed by atoms with Crippen LogP contribution in [0.5, 0.6) is 0 Å². The van der Waals surface area contributed by atoms with Crippen LogP contribution in [-0.2, 0) is 9.59 Å². The minimum Gasteiger partial charge on any atom is -0.477 e. The van der Waals surface area contributed by atoms with Crippen molar-refractivity contribution in [2.75, 3.05) is 33.2 Å². The molecule has 3 aliphatic heterocycles. The Balaban J connectivity index is 1.82. The molecule has 3 N–H and O–H groups in total. The van der Waals surface area contributed by atoms with E-state index in [1.165, 1.54) is 28.4 Å². The highest BCUT2D eigenvalue weighted by Gasteiger charge is 2.53. The molecule has 24 heavy (non-hydrogen) atoms. The predicted molar refractivity (Wildman–Crippen MR) is 99.6 cm³/mol. The monoisotopic (exact) mass is 388 g/mol. The van der Waals surface area contributed by atoms with Gasteiger partial charge in [0.15, 0.2) is 0 Å². The maximum atomic E-state index is 12.0. The van der Waals surface area contributed by atoms with Crippen molar-refractivity contribution in [1.29, 1.82) is 0 Å². The summed E-state index contributed by atoms with van der Waals surface area (Å²) in [6, 6.07) is -0.622. The molecule has 0 aromatic carbocycles. The number of nitrogens with zero attached hydrogens (tertiary/aromatic N) is 3. The number of aliphatic carboxylic acids is 1. The van der Waals surface area contributed by atoms with Gasteiger partial charge in [0.25, 0.3) is 0 Å². The minimum absolute atomic E-state index is 0.0411. The Hall–Kier alpha value is -0.810. The first-order valence-electron chi connectivity index (χ1n) is 7.68. The number of likely N-dealkylation sites (N-methyl/N-ethyl adjacent to an activating group) is 1. The summed E-state index contributed by atoms with van der Waals surface area (Å²) in [7, 11) is 2.07. The lowest BCUT2D eigenvalue weighted by Gasteiger charge is -2.49. The average Bonchev–Trinajstić information content (AvgIpc) is 2.55. The summed E-state index contributed by atoms with van der Waals surface area (Å²) in [5.74, 6) is -1.43. The Labute approximate surface area is 154 Å². The summed E-state index contributed by atoms with van der Waals surface area (Å²) in [5.41, 5.74) is 5.85. The normalized spacial score (nSPS) is 31.0. The standard InChI is InChI=1S/C14H20N4O3S3/c1-7-10(24-14(22)17-5-3-16(2)4-6-17)9(13(20)21)18-11(19)8(15)12(18)23-7/h7-8,12H,3-6,15H2,1-2H3,(H,20,21)/t7?,8?,12-/m1/s1. The van der Waals surface area contributed by atoms with Crippen molar-refractivity contribution in [2.24, 2.45) is 5.73 Å². The second-order valence-corrected chi connectivity index (χ2v) is 9.22. The maximum Gasteiger partial charge on any atom is 0.353 e. The number of rotatable bonds is 2. The largest absolute Gasteiger partial charge is 0.477 e. The molecule has 7 nitrogen and oxygen atoms in total. The lowest BCUT2D eigenvalue weighted by molar-refractivity contribution is -0.147. The summed E-state index contributed by atoms with van der Waals surface area (Å²) >= 11 is 8.35. The maximum absolute atomic E-state index is 12.0. The number of amides is 1. The molecule has 0 spiro atoms. The van der Waals surface area contributed by atoms with Crippen LogP contribution in [0.3, 0.4) is 0 Å². The Morgan fingerprint density at radius 1 is 1.38 bits per heavy atom. The fraction of sp³-hybridized carbons (Fsp3) is 0.643. The van der Waals surface area contributed by atoms with Gasteiger partial charge >= 0.3 is 5.97 Å². The van der Waals surface area contributed by atoms with E-state index >= 15 is 0 Å². The second kappa shape index (κ2) is 6.83. The number of thiocarbonyl (C=S) groups is 1. The molecule has 0 aromatic heterocycles. The first-order valence-corrected chi connectivity index (χ1v) is 9.85. The molecule has 0 bridgehead atoms. The molecule has 10 heteroatoms. The summed E-state index contributed by atoms with van der Waals surface area (Å²) in [6.07, 6.45) is 0. The SMILES string of the molecule is CC1S[C@@H]2C(N)C(=O)N2C(C(=O)O)=C1SC(=S)N1CCN(C)CC1. The smallest absolute Gasteiger partial charge is 0.353 e. The lowest BCUT2D eigenvalue weighted by Crippen LogP contribution is -2.69. The number of piperazine rings is 1. The van der Waals surface area contributed by atoms with Crippen molar-refractivity contribution in [3.63, 3.8) is 0 Å². The number of carbonyl (C=O) groups excluding carboxylic acids is 1. The van der Waals surface area contributed by atoms with Crippen LogP contribution < -0.4 is 5.73 Å². The first kappa shape index (κ1) is 18.0. The van der Waals surface area contributed by atoms with Gasteiger partial charge in [-0.05, 0) is 14.0 Å². The quantitative estimate of drug-likeness (QED) is 0.508. The highest BCUT2D eigenvalue weighted by Crippen LogP contribution is 2.47. The number of carboxylic acid groups (broad SMARTS) is 1. The Kier molecular flexibility index (Phi) is 5.12. The molecule has 0 saturated carbocycles. The third-order valence-electron chi connectivity index (χ3n) is 4.43. The molecule has 1 amide bonds. The molecule has 3 aliphatic rings. The average molecular weight is 389 g/mol. The number of hydrogen-bond donors (Lipinski definition) is 2. The van der Waals surface area contributed by atoms with Crippen LogP contribution in [0.25, 0.3) is 0 Å². The summed E-state index contributed by atoms with van der Waals surface area (Å²) < 4.78 is 0.667. The van der Waals surface area contributed by atoms with Crippen molar-refractivity contribution in [3.05, 3.63) is 10.6 Å². The van der Waals surface area contributed by atoms with E-state index in [4.69, 9.17) is 18.0 Å². The van der Waals surface area contributed by atoms with Crippen molar-refractivity contribution in [1.82, 2.24) is 14.7 Å². The van der Waals surface area contributed by atoms with Crippen LogP contribution in [-0.4, -0.2) is 85.9 Å². The molecule has 2 saturated heterocycles. The van der Waals surface area contributed by atoms with Crippen LogP contribution in [0.15, 0.2) is 10.6 Å². The van der Waals surface area contributed by atoms with Crippen LogP contribution in [0.2, 0.25) is 0 Å². The number of thioether (sulfide) groups is 2. The molecular weight excluding hydrogens is 368 g/mol. The number of carboxylic acids is 1. The van der Waals surface area contributed by atoms with Crippen LogP contribution in [0.4, 0.5) is 0 Å². The molecule has 132 valence electrons. The predicted octanol–water partition coefficient (Wildman–Crippen LogP) is 0.179. The van der Waals surface area contributed by atoms with Gasteiger partial charge in [-0.1, -0.05) is 24.0 Å². The Bertz CT molecular complexity index is 618. The molecule has 2 fully saturated rings. The molecule has 3 atom stereocenters. The van der Waals surface area contributed by atoms with Crippen molar-refractivity contribution < 1.29 is 14.7 Å². The molecule has 3 rings (SSSR count). The molecule has 2 unspecified atom stereocenters. The van der Waals surface area contributed by atoms with Gasteiger partial charge in [-0.2, -0.15) is 0 Å². The van der Waals surface area contributed by atoms with Gasteiger partial charge in [0.2, 0.25) is 5.91 Å². The Morgan fingerprint density at radius 3 is 2.58 bits per heavy atom. The van der Waals surface area contributed by atoms with Crippen LogP contribution in [0.1, 0.15) is 6.92 Å². The number of fused-ring (bicyclic) bond motifs is 1. The molecule has 0 radical (unpaired) electrons. The van der Waals surface area contributed by atoms with Gasteiger partial charge < -0.3 is 20.6 Å². The second-order valence-electron chi connectivity index (χ2n) is 6.08. The fourth-order valence-electron chi connectivity index (χ4n) is 2.94. The van der Waals surface area contributed by atoms with Gasteiger partial charge in [0.05, 0.1) is 0 Å². The van der Waals surface area contributed by atoms with Gasteiger partial charge in [-0.3, -0.25) is 9.69 Å². The summed E-state index contributed by atoms with van der Waals surface area (Å²) in [6.45, 7) is 5.45. The number of hydrogen-bond acceptors (Lipinski definition) is 7. The zero-order valence-electron chi connectivity index (χ0n) is 13.5. The number of carbonyl (C=O) groups is 2. The first-order chi connectivity index (χ1) is 11.3. The minimum atomic E-state index is -1.10. The molecule has 3 heterocycles.